The minimum Gasteiger partial charge on any atom is -0.348 e. The molecular weight excluding hydrogens is 202 g/mol. The third-order valence-corrected chi connectivity index (χ3v) is 2.66. The second-order valence-electron chi connectivity index (χ2n) is 4.25. The normalized spacial score (nSPS) is 12.6. The van der Waals surface area contributed by atoms with E-state index in [-0.39, 0.29) is 11.9 Å². The molecule has 0 saturated heterocycles. The molecule has 0 spiro atoms. The van der Waals surface area contributed by atoms with E-state index in [4.69, 9.17) is 0 Å². The van der Waals surface area contributed by atoms with Gasteiger partial charge in [0.15, 0.2) is 0 Å². The molecule has 1 aromatic rings. The van der Waals surface area contributed by atoms with Crippen LogP contribution in [0.15, 0.2) is 12.4 Å². The Morgan fingerprint density at radius 3 is 2.44 bits per heavy atom. The van der Waals surface area contributed by atoms with E-state index in [1.54, 1.807) is 6.20 Å². The zero-order chi connectivity index (χ0) is 12.1. The highest BCUT2D eigenvalue weighted by atomic mass is 16.1. The fourth-order valence-electron chi connectivity index (χ4n) is 1.10. The van der Waals surface area contributed by atoms with Crippen LogP contribution < -0.4 is 5.32 Å². The molecule has 4 heteroatoms. The summed E-state index contributed by atoms with van der Waals surface area (Å²) < 4.78 is 0. The van der Waals surface area contributed by atoms with E-state index in [0.717, 1.165) is 12.1 Å². The monoisotopic (exact) mass is 221 g/mol. The molecule has 16 heavy (non-hydrogen) atoms. The molecule has 1 heterocycles. The Morgan fingerprint density at radius 1 is 1.31 bits per heavy atom. The minimum atomic E-state index is -0.156. The Kier molecular flexibility index (Phi) is 4.40. The maximum Gasteiger partial charge on any atom is 0.271 e. The van der Waals surface area contributed by atoms with Crippen LogP contribution in [0.25, 0.3) is 0 Å². The lowest BCUT2D eigenvalue weighted by molar-refractivity contribution is 0.0925. The maximum absolute atomic E-state index is 11.7. The van der Waals surface area contributed by atoms with Crippen molar-refractivity contribution >= 4 is 5.91 Å². The molecule has 1 rings (SSSR count). The highest BCUT2D eigenvalue weighted by molar-refractivity contribution is 5.92. The summed E-state index contributed by atoms with van der Waals surface area (Å²) in [6.07, 6.45) is 4.01. The van der Waals surface area contributed by atoms with Crippen LogP contribution in [-0.4, -0.2) is 21.9 Å². The second kappa shape index (κ2) is 5.58. The minimum absolute atomic E-state index is 0.139. The number of aryl methyl sites for hydroxylation is 1. The predicted molar refractivity (Wildman–Crippen MR) is 63.2 cm³/mol. The summed E-state index contributed by atoms with van der Waals surface area (Å²) in [5.74, 6) is 0.253. The van der Waals surface area contributed by atoms with Gasteiger partial charge in [0.25, 0.3) is 5.91 Å². The highest BCUT2D eigenvalue weighted by Crippen LogP contribution is 2.02. The van der Waals surface area contributed by atoms with Gasteiger partial charge in [0.1, 0.15) is 5.69 Å². The van der Waals surface area contributed by atoms with E-state index in [1.807, 2.05) is 13.8 Å². The standard InChI is InChI=1S/C12H19N3O/c1-5-10-6-14-11(7-13-10)12(16)15-9(4)8(2)3/h6-9H,5H2,1-4H3,(H,15,16). The molecule has 0 aliphatic rings. The van der Waals surface area contributed by atoms with Gasteiger partial charge in [0, 0.05) is 12.2 Å². The zero-order valence-electron chi connectivity index (χ0n) is 10.3. The van der Waals surface area contributed by atoms with E-state index in [2.05, 4.69) is 29.1 Å². The Hall–Kier alpha value is -1.45. The highest BCUT2D eigenvalue weighted by Gasteiger charge is 2.13. The van der Waals surface area contributed by atoms with Crippen molar-refractivity contribution in [1.29, 1.82) is 0 Å². The van der Waals surface area contributed by atoms with E-state index in [1.165, 1.54) is 6.20 Å². The third-order valence-electron chi connectivity index (χ3n) is 2.66. The first kappa shape index (κ1) is 12.6. The van der Waals surface area contributed by atoms with Crippen molar-refractivity contribution in [3.63, 3.8) is 0 Å². The quantitative estimate of drug-likeness (QED) is 0.843. The van der Waals surface area contributed by atoms with Crippen LogP contribution in [0.3, 0.4) is 0 Å². The summed E-state index contributed by atoms with van der Waals surface area (Å²) in [6, 6.07) is 0.139. The van der Waals surface area contributed by atoms with E-state index in [0.29, 0.717) is 11.6 Å². The first-order chi connectivity index (χ1) is 7.54. The molecule has 0 aliphatic carbocycles. The van der Waals surface area contributed by atoms with Crippen LogP contribution in [0.5, 0.6) is 0 Å². The number of hydrogen-bond acceptors (Lipinski definition) is 3. The molecule has 1 aromatic heterocycles. The number of nitrogens with one attached hydrogen (secondary N) is 1. The number of aromatic nitrogens is 2. The molecule has 0 radical (unpaired) electrons. The molecule has 0 saturated carbocycles. The SMILES string of the molecule is CCc1cnc(C(=O)NC(C)C(C)C)cn1. The molecule has 0 aromatic carbocycles. The first-order valence-corrected chi connectivity index (χ1v) is 5.66. The topological polar surface area (TPSA) is 54.9 Å². The summed E-state index contributed by atoms with van der Waals surface area (Å²) in [5.41, 5.74) is 1.28. The van der Waals surface area contributed by atoms with Gasteiger partial charge in [0.2, 0.25) is 0 Å². The zero-order valence-corrected chi connectivity index (χ0v) is 10.3. The number of amides is 1. The van der Waals surface area contributed by atoms with Crippen LogP contribution >= 0.6 is 0 Å². The van der Waals surface area contributed by atoms with Gasteiger partial charge in [-0.15, -0.1) is 0 Å². The summed E-state index contributed by atoms with van der Waals surface area (Å²) in [6.45, 7) is 8.12. The predicted octanol–water partition coefficient (Wildman–Crippen LogP) is 1.81. The summed E-state index contributed by atoms with van der Waals surface area (Å²) >= 11 is 0. The molecule has 1 N–H and O–H groups in total. The lowest BCUT2D eigenvalue weighted by atomic mass is 10.1. The molecule has 1 atom stereocenters. The average molecular weight is 221 g/mol. The van der Waals surface area contributed by atoms with Gasteiger partial charge in [-0.05, 0) is 19.3 Å². The van der Waals surface area contributed by atoms with Crippen molar-refractivity contribution in [2.24, 2.45) is 5.92 Å². The number of carbonyl (C=O) groups excluding carboxylic acids is 1. The molecule has 0 fully saturated rings. The molecular formula is C12H19N3O. The second-order valence-corrected chi connectivity index (χ2v) is 4.25. The molecule has 1 unspecified atom stereocenters. The lowest BCUT2D eigenvalue weighted by Gasteiger charge is -2.16. The maximum atomic E-state index is 11.7. The van der Waals surface area contributed by atoms with Crippen molar-refractivity contribution in [3.8, 4) is 0 Å². The summed E-state index contributed by atoms with van der Waals surface area (Å²) in [5, 5.41) is 2.89. The Balaban J connectivity index is 2.66. The van der Waals surface area contributed by atoms with E-state index in [9.17, 15) is 4.79 Å². The van der Waals surface area contributed by atoms with Crippen LogP contribution in [-0.2, 0) is 6.42 Å². The average Bonchev–Trinajstić information content (AvgIpc) is 2.28. The van der Waals surface area contributed by atoms with Gasteiger partial charge in [-0.25, -0.2) is 4.98 Å². The van der Waals surface area contributed by atoms with Crippen molar-refractivity contribution in [2.45, 2.75) is 40.2 Å². The van der Waals surface area contributed by atoms with Crippen LogP contribution in [0.2, 0.25) is 0 Å². The van der Waals surface area contributed by atoms with E-state index >= 15 is 0 Å². The van der Waals surface area contributed by atoms with E-state index < -0.39 is 0 Å². The largest absolute Gasteiger partial charge is 0.348 e. The van der Waals surface area contributed by atoms with Gasteiger partial charge in [0.05, 0.1) is 11.9 Å². The van der Waals surface area contributed by atoms with Gasteiger partial charge >= 0.3 is 0 Å². The third kappa shape index (κ3) is 3.29. The molecule has 4 nitrogen and oxygen atoms in total. The Morgan fingerprint density at radius 2 is 2.00 bits per heavy atom. The van der Waals surface area contributed by atoms with Crippen LogP contribution in [0.1, 0.15) is 43.9 Å². The van der Waals surface area contributed by atoms with Gasteiger partial charge in [-0.2, -0.15) is 0 Å². The van der Waals surface area contributed by atoms with Crippen molar-refractivity contribution in [3.05, 3.63) is 23.8 Å². The number of nitrogens with zero attached hydrogens (tertiary/aromatic N) is 2. The summed E-state index contributed by atoms with van der Waals surface area (Å²) in [7, 11) is 0. The fourth-order valence-corrected chi connectivity index (χ4v) is 1.10. The fraction of sp³-hybridized carbons (Fsp3) is 0.583. The van der Waals surface area contributed by atoms with Crippen molar-refractivity contribution in [2.75, 3.05) is 0 Å². The Labute approximate surface area is 96.5 Å². The molecule has 1 amide bonds. The van der Waals surface area contributed by atoms with Gasteiger partial charge in [-0.3, -0.25) is 9.78 Å². The molecule has 0 bridgehead atoms. The number of rotatable bonds is 4. The van der Waals surface area contributed by atoms with Crippen LogP contribution in [0, 0.1) is 5.92 Å². The molecule has 88 valence electrons. The van der Waals surface area contributed by atoms with Crippen molar-refractivity contribution in [1.82, 2.24) is 15.3 Å². The lowest BCUT2D eigenvalue weighted by Crippen LogP contribution is -2.36. The molecule has 0 aliphatic heterocycles. The number of carbonyl (C=O) groups is 1. The van der Waals surface area contributed by atoms with Gasteiger partial charge in [-0.1, -0.05) is 20.8 Å². The smallest absolute Gasteiger partial charge is 0.271 e. The van der Waals surface area contributed by atoms with Crippen molar-refractivity contribution < 1.29 is 4.79 Å². The summed E-state index contributed by atoms with van der Waals surface area (Å²) in [4.78, 5) is 20.0. The number of hydrogen-bond donors (Lipinski definition) is 1. The first-order valence-electron chi connectivity index (χ1n) is 5.66. The van der Waals surface area contributed by atoms with Crippen LogP contribution in [0.4, 0.5) is 0 Å². The van der Waals surface area contributed by atoms with Gasteiger partial charge < -0.3 is 5.32 Å². The Bertz CT molecular complexity index is 346.